The average molecular weight is 217 g/mol. The quantitative estimate of drug-likeness (QED) is 0.721. The standard InChI is InChI=1S/C11H11NO.C3H8/c1-8-7-11(13-2)9-5-3-4-6-10(9)12-8;1-3-2/h3-7H,1-2H3;3H2,1-2H3. The highest BCUT2D eigenvalue weighted by molar-refractivity contribution is 5.85. The molecule has 0 radical (unpaired) electrons. The lowest BCUT2D eigenvalue weighted by molar-refractivity contribution is 0.419. The number of methoxy groups -OCH3 is 1. The van der Waals surface area contributed by atoms with Crippen LogP contribution in [0, 0.1) is 6.92 Å². The molecule has 2 nitrogen and oxygen atoms in total. The molecule has 0 aliphatic heterocycles. The Kier molecular flexibility index (Phi) is 4.77. The highest BCUT2D eigenvalue weighted by Crippen LogP contribution is 2.24. The molecule has 0 spiro atoms. The molecule has 2 heteroatoms. The Morgan fingerprint density at radius 2 is 1.81 bits per heavy atom. The van der Waals surface area contributed by atoms with Gasteiger partial charge in [-0.15, -0.1) is 0 Å². The van der Waals surface area contributed by atoms with Crippen LogP contribution < -0.4 is 4.74 Å². The number of pyridine rings is 1. The van der Waals surface area contributed by atoms with Crippen molar-refractivity contribution in [3.05, 3.63) is 36.0 Å². The fourth-order valence-corrected chi connectivity index (χ4v) is 1.44. The van der Waals surface area contributed by atoms with Crippen molar-refractivity contribution in [2.75, 3.05) is 7.11 Å². The molecule has 1 aromatic carbocycles. The van der Waals surface area contributed by atoms with Crippen LogP contribution in [0.1, 0.15) is 26.0 Å². The molecule has 0 amide bonds. The summed E-state index contributed by atoms with van der Waals surface area (Å²) in [4.78, 5) is 4.40. The van der Waals surface area contributed by atoms with E-state index in [2.05, 4.69) is 18.8 Å². The first-order valence-corrected chi connectivity index (χ1v) is 5.63. The van der Waals surface area contributed by atoms with Crippen LogP contribution in [0.2, 0.25) is 0 Å². The second kappa shape index (κ2) is 6.11. The lowest BCUT2D eigenvalue weighted by atomic mass is 10.2. The van der Waals surface area contributed by atoms with E-state index in [0.29, 0.717) is 0 Å². The van der Waals surface area contributed by atoms with E-state index in [1.54, 1.807) is 7.11 Å². The van der Waals surface area contributed by atoms with Gasteiger partial charge in [0.25, 0.3) is 0 Å². The molecule has 0 bridgehead atoms. The maximum absolute atomic E-state index is 5.27. The number of rotatable bonds is 1. The van der Waals surface area contributed by atoms with Gasteiger partial charge in [0.2, 0.25) is 0 Å². The minimum Gasteiger partial charge on any atom is -0.496 e. The summed E-state index contributed by atoms with van der Waals surface area (Å²) in [5.41, 5.74) is 1.97. The van der Waals surface area contributed by atoms with Gasteiger partial charge in [-0.25, -0.2) is 0 Å². The fourth-order valence-electron chi connectivity index (χ4n) is 1.44. The maximum atomic E-state index is 5.27. The molecule has 0 fully saturated rings. The van der Waals surface area contributed by atoms with Gasteiger partial charge in [0.05, 0.1) is 12.6 Å². The van der Waals surface area contributed by atoms with Crippen molar-refractivity contribution in [2.45, 2.75) is 27.2 Å². The van der Waals surface area contributed by atoms with Gasteiger partial charge >= 0.3 is 0 Å². The molecular formula is C14H19NO. The van der Waals surface area contributed by atoms with Crippen molar-refractivity contribution in [1.82, 2.24) is 4.98 Å². The summed E-state index contributed by atoms with van der Waals surface area (Å²) in [6, 6.07) is 9.92. The molecule has 0 aliphatic rings. The second-order valence-corrected chi connectivity index (χ2v) is 3.69. The Morgan fingerprint density at radius 1 is 1.19 bits per heavy atom. The van der Waals surface area contributed by atoms with Crippen molar-refractivity contribution in [3.63, 3.8) is 0 Å². The normalized spacial score (nSPS) is 9.50. The third-order valence-corrected chi connectivity index (χ3v) is 2.03. The molecule has 0 saturated carbocycles. The van der Waals surface area contributed by atoms with Crippen molar-refractivity contribution in [2.24, 2.45) is 0 Å². The summed E-state index contributed by atoms with van der Waals surface area (Å²) in [5.74, 6) is 0.892. The van der Waals surface area contributed by atoms with Crippen molar-refractivity contribution >= 4 is 10.9 Å². The number of ether oxygens (including phenoxy) is 1. The second-order valence-electron chi connectivity index (χ2n) is 3.69. The summed E-state index contributed by atoms with van der Waals surface area (Å²) in [7, 11) is 1.68. The van der Waals surface area contributed by atoms with Gasteiger partial charge in [0.1, 0.15) is 5.75 Å². The van der Waals surface area contributed by atoms with Crippen LogP contribution in [0.5, 0.6) is 5.75 Å². The zero-order valence-corrected chi connectivity index (χ0v) is 10.4. The largest absolute Gasteiger partial charge is 0.496 e. The van der Waals surface area contributed by atoms with E-state index in [1.807, 2.05) is 37.3 Å². The number of fused-ring (bicyclic) bond motifs is 1. The van der Waals surface area contributed by atoms with Crippen molar-refractivity contribution in [3.8, 4) is 5.75 Å². The van der Waals surface area contributed by atoms with Crippen LogP contribution in [-0.4, -0.2) is 12.1 Å². The molecule has 0 aliphatic carbocycles. The van der Waals surface area contributed by atoms with E-state index in [1.165, 1.54) is 6.42 Å². The molecule has 0 atom stereocenters. The summed E-state index contributed by atoms with van der Waals surface area (Å²) < 4.78 is 5.27. The molecule has 16 heavy (non-hydrogen) atoms. The lowest BCUT2D eigenvalue weighted by Crippen LogP contribution is -1.89. The van der Waals surface area contributed by atoms with Crippen LogP contribution in [0.4, 0.5) is 0 Å². The molecule has 1 aromatic heterocycles. The number of hydrogen-bond donors (Lipinski definition) is 0. The smallest absolute Gasteiger partial charge is 0.130 e. The molecule has 2 rings (SSSR count). The first-order valence-electron chi connectivity index (χ1n) is 5.63. The van der Waals surface area contributed by atoms with Gasteiger partial charge < -0.3 is 4.74 Å². The highest BCUT2D eigenvalue weighted by Gasteiger charge is 2.01. The predicted octanol–water partition coefficient (Wildman–Crippen LogP) is 3.97. The van der Waals surface area contributed by atoms with Crippen LogP contribution >= 0.6 is 0 Å². The van der Waals surface area contributed by atoms with E-state index in [-0.39, 0.29) is 0 Å². The van der Waals surface area contributed by atoms with Gasteiger partial charge in [0, 0.05) is 17.1 Å². The van der Waals surface area contributed by atoms with Gasteiger partial charge in [0.15, 0.2) is 0 Å². The Balaban J connectivity index is 0.000000386. The van der Waals surface area contributed by atoms with E-state index in [9.17, 15) is 0 Å². The summed E-state index contributed by atoms with van der Waals surface area (Å²) in [6.07, 6.45) is 1.25. The predicted molar refractivity (Wildman–Crippen MR) is 69.0 cm³/mol. The third kappa shape index (κ3) is 2.96. The average Bonchev–Trinajstić information content (AvgIpc) is 2.29. The Morgan fingerprint density at radius 3 is 2.44 bits per heavy atom. The van der Waals surface area contributed by atoms with E-state index in [4.69, 9.17) is 4.74 Å². The lowest BCUT2D eigenvalue weighted by Gasteiger charge is -2.05. The van der Waals surface area contributed by atoms with Crippen LogP contribution in [-0.2, 0) is 0 Å². The van der Waals surface area contributed by atoms with Crippen molar-refractivity contribution in [1.29, 1.82) is 0 Å². The Hall–Kier alpha value is -1.57. The SMILES string of the molecule is CCC.COc1cc(C)nc2ccccc12. The Bertz CT molecular complexity index is 451. The first kappa shape index (κ1) is 12.5. The Labute approximate surface area is 97.3 Å². The van der Waals surface area contributed by atoms with Crippen molar-refractivity contribution < 1.29 is 4.74 Å². The zero-order valence-electron chi connectivity index (χ0n) is 10.4. The maximum Gasteiger partial charge on any atom is 0.130 e. The minimum absolute atomic E-state index is 0.892. The number of aryl methyl sites for hydroxylation is 1. The van der Waals surface area contributed by atoms with Crippen LogP contribution in [0.25, 0.3) is 10.9 Å². The molecule has 0 saturated heterocycles. The number of hydrogen-bond acceptors (Lipinski definition) is 2. The number of aromatic nitrogens is 1. The topological polar surface area (TPSA) is 22.1 Å². The number of benzene rings is 1. The third-order valence-electron chi connectivity index (χ3n) is 2.03. The molecule has 86 valence electrons. The monoisotopic (exact) mass is 217 g/mol. The minimum atomic E-state index is 0.892. The van der Waals surface area contributed by atoms with E-state index < -0.39 is 0 Å². The molecular weight excluding hydrogens is 198 g/mol. The zero-order chi connectivity index (χ0) is 12.0. The van der Waals surface area contributed by atoms with Gasteiger partial charge in [-0.3, -0.25) is 4.98 Å². The van der Waals surface area contributed by atoms with E-state index in [0.717, 1.165) is 22.3 Å². The summed E-state index contributed by atoms with van der Waals surface area (Å²) >= 11 is 0. The van der Waals surface area contributed by atoms with Crippen LogP contribution in [0.3, 0.4) is 0 Å². The molecule has 1 heterocycles. The molecule has 0 unspecified atom stereocenters. The fraction of sp³-hybridized carbons (Fsp3) is 0.357. The summed E-state index contributed by atoms with van der Waals surface area (Å²) in [6.45, 7) is 6.22. The number of para-hydroxylation sites is 1. The van der Waals surface area contributed by atoms with Gasteiger partial charge in [-0.2, -0.15) is 0 Å². The summed E-state index contributed by atoms with van der Waals surface area (Å²) in [5, 5.41) is 1.07. The van der Waals surface area contributed by atoms with E-state index >= 15 is 0 Å². The van der Waals surface area contributed by atoms with Gasteiger partial charge in [-0.05, 0) is 19.1 Å². The molecule has 0 N–H and O–H groups in total. The van der Waals surface area contributed by atoms with Crippen LogP contribution in [0.15, 0.2) is 30.3 Å². The first-order chi connectivity index (χ1) is 7.72. The van der Waals surface area contributed by atoms with Gasteiger partial charge in [-0.1, -0.05) is 32.4 Å². The number of nitrogens with zero attached hydrogens (tertiary/aromatic N) is 1. The highest BCUT2D eigenvalue weighted by atomic mass is 16.5. The molecule has 2 aromatic rings.